The molecule has 1 radical (unpaired) electrons. The average Bonchev–Trinajstić information content (AvgIpc) is 3.57. The molecule has 48 heavy (non-hydrogen) atoms. The maximum Gasteiger partial charge on any atom is 0 e. The predicted octanol–water partition coefficient (Wildman–Crippen LogP) is 11.0. The molecular formula is C43H40GeIrN2O-2. The summed E-state index contributed by atoms with van der Waals surface area (Å²) < 4.78 is 7.92. The summed E-state index contributed by atoms with van der Waals surface area (Å²) in [6, 6.07) is 40.4. The Morgan fingerprint density at radius 2 is 1.56 bits per heavy atom. The summed E-state index contributed by atoms with van der Waals surface area (Å²) >= 11 is -1.72. The number of hydrogen-bond acceptors (Lipinski definition) is 3. The van der Waals surface area contributed by atoms with E-state index in [1.54, 1.807) is 0 Å². The maximum atomic E-state index is 6.48. The molecule has 3 aromatic heterocycles. The molecular weight excluding hydrogens is 825 g/mol. The number of fused-ring (bicyclic) bond motifs is 7. The van der Waals surface area contributed by atoms with Crippen LogP contribution in [-0.4, -0.2) is 23.2 Å². The van der Waals surface area contributed by atoms with Crippen LogP contribution in [0.25, 0.3) is 55.6 Å². The van der Waals surface area contributed by atoms with E-state index in [-0.39, 0.29) is 25.5 Å². The van der Waals surface area contributed by atoms with Gasteiger partial charge in [-0.1, -0.05) is 80.6 Å². The molecule has 4 aromatic carbocycles. The molecule has 0 unspecified atom stereocenters. The van der Waals surface area contributed by atoms with Crippen LogP contribution in [-0.2, 0) is 25.5 Å². The minimum absolute atomic E-state index is 0. The molecule has 0 amide bonds. The quantitative estimate of drug-likeness (QED) is 0.131. The van der Waals surface area contributed by atoms with Gasteiger partial charge in [-0.25, -0.2) is 0 Å². The second-order valence-electron chi connectivity index (χ2n) is 14.3. The molecule has 0 saturated heterocycles. The Morgan fingerprint density at radius 3 is 2.27 bits per heavy atom. The van der Waals surface area contributed by atoms with Crippen LogP contribution in [0.3, 0.4) is 0 Å². The summed E-state index contributed by atoms with van der Waals surface area (Å²) in [5, 5.41) is 2.32. The molecule has 5 heteroatoms. The first-order valence-corrected chi connectivity index (χ1v) is 23.8. The van der Waals surface area contributed by atoms with Gasteiger partial charge in [0, 0.05) is 37.1 Å². The molecule has 7 aromatic rings. The monoisotopic (exact) mass is 867 g/mol. The standard InChI is InChI=1S/C29H24NO.C14H16GeN.Ir/c1-17(2)18-14-15-30-24(16-18)20-9-7-10-21-27-25(31-28(20)21)13-12-23-26(27)19-8-5-6-11-22(19)29(23,3)4;1-15(2,3)13-9-10-14(16-11-13)12-7-5-4-6-8-12;/h5-8,10-17H,1-4H3;4-7,9-11H,1-3H3;/q2*-1;. The zero-order valence-electron chi connectivity index (χ0n) is 28.6. The Hall–Kier alpha value is -3.83. The second-order valence-corrected chi connectivity index (χ2v) is 25.0. The Bertz CT molecular complexity index is 2230. The number of aromatic nitrogens is 2. The summed E-state index contributed by atoms with van der Waals surface area (Å²) in [5.41, 5.74) is 12.3. The van der Waals surface area contributed by atoms with Crippen molar-refractivity contribution in [2.45, 2.75) is 56.3 Å². The van der Waals surface area contributed by atoms with E-state index >= 15 is 0 Å². The molecule has 0 bridgehead atoms. The van der Waals surface area contributed by atoms with E-state index in [0.29, 0.717) is 5.92 Å². The van der Waals surface area contributed by atoms with E-state index in [9.17, 15) is 0 Å². The van der Waals surface area contributed by atoms with E-state index in [1.807, 2.05) is 42.7 Å². The van der Waals surface area contributed by atoms with Crippen LogP contribution < -0.4 is 4.40 Å². The summed E-state index contributed by atoms with van der Waals surface area (Å²) in [7, 11) is 0. The van der Waals surface area contributed by atoms with Crippen LogP contribution in [0.2, 0.25) is 17.3 Å². The van der Waals surface area contributed by atoms with Crippen molar-refractivity contribution >= 4 is 39.6 Å². The van der Waals surface area contributed by atoms with Gasteiger partial charge in [-0.15, -0.1) is 18.2 Å². The van der Waals surface area contributed by atoms with E-state index in [0.717, 1.165) is 39.1 Å². The van der Waals surface area contributed by atoms with E-state index in [4.69, 9.17) is 4.42 Å². The fourth-order valence-electron chi connectivity index (χ4n) is 6.71. The van der Waals surface area contributed by atoms with Crippen LogP contribution >= 0.6 is 0 Å². The van der Waals surface area contributed by atoms with Gasteiger partial charge in [0.05, 0.1) is 5.58 Å². The van der Waals surface area contributed by atoms with Crippen LogP contribution in [0, 0.1) is 12.1 Å². The van der Waals surface area contributed by atoms with Gasteiger partial charge in [0.2, 0.25) is 0 Å². The molecule has 0 spiro atoms. The Labute approximate surface area is 300 Å². The molecule has 0 atom stereocenters. The molecule has 0 saturated carbocycles. The van der Waals surface area contributed by atoms with Gasteiger partial charge in [-0.05, 0) is 46.0 Å². The maximum absolute atomic E-state index is 6.48. The molecule has 0 fully saturated rings. The SMILES string of the molecule is CC(C)c1ccnc(-c2[c-]ccc3c2oc2ccc4c(c23)-c2ccccc2C4(C)C)c1.[CH3][Ge]([CH3])([CH3])[c]1ccc(-c2[c-]cccc2)nc1.[Ir]. The number of hydrogen-bond donors (Lipinski definition) is 0. The van der Waals surface area contributed by atoms with Crippen molar-refractivity contribution in [1.82, 2.24) is 9.97 Å². The second kappa shape index (κ2) is 13.2. The first-order chi connectivity index (χ1) is 22.5. The minimum atomic E-state index is -1.72. The molecule has 1 aliphatic rings. The normalized spacial score (nSPS) is 13.1. The Morgan fingerprint density at radius 1 is 0.771 bits per heavy atom. The minimum Gasteiger partial charge on any atom is 0 e. The molecule has 0 N–H and O–H groups in total. The van der Waals surface area contributed by atoms with Gasteiger partial charge in [-0.3, -0.25) is 0 Å². The van der Waals surface area contributed by atoms with Gasteiger partial charge in [0.15, 0.2) is 0 Å². The van der Waals surface area contributed by atoms with Gasteiger partial charge in [-0.2, -0.15) is 0 Å². The topological polar surface area (TPSA) is 38.9 Å². The zero-order valence-corrected chi connectivity index (χ0v) is 33.1. The van der Waals surface area contributed by atoms with E-state index in [2.05, 4.69) is 134 Å². The zero-order chi connectivity index (χ0) is 32.9. The van der Waals surface area contributed by atoms with Gasteiger partial charge in [0.25, 0.3) is 0 Å². The van der Waals surface area contributed by atoms with Crippen molar-refractivity contribution in [1.29, 1.82) is 0 Å². The van der Waals surface area contributed by atoms with Crippen molar-refractivity contribution in [2.24, 2.45) is 0 Å². The first-order valence-electron chi connectivity index (χ1n) is 16.4. The third-order valence-electron chi connectivity index (χ3n) is 9.46. The summed E-state index contributed by atoms with van der Waals surface area (Å²) in [6.45, 7) is 9.03. The fraction of sp³-hybridized carbons (Fsp3) is 0.209. The first kappa shape index (κ1) is 34.1. The third-order valence-corrected chi connectivity index (χ3v) is 13.7. The van der Waals surface area contributed by atoms with Crippen LogP contribution in [0.5, 0.6) is 0 Å². The van der Waals surface area contributed by atoms with Crippen LogP contribution in [0.1, 0.15) is 50.3 Å². The van der Waals surface area contributed by atoms with Crippen molar-refractivity contribution in [2.75, 3.05) is 0 Å². The van der Waals surface area contributed by atoms with Gasteiger partial charge >= 0.3 is 99.8 Å². The largest absolute Gasteiger partial charge is 0 e. The van der Waals surface area contributed by atoms with Crippen molar-refractivity contribution in [3.63, 3.8) is 0 Å². The number of rotatable bonds is 4. The Balaban J connectivity index is 0.000000201. The predicted molar refractivity (Wildman–Crippen MR) is 199 cm³/mol. The van der Waals surface area contributed by atoms with Gasteiger partial charge in [0.1, 0.15) is 5.58 Å². The number of benzene rings is 4. The smallest absolute Gasteiger partial charge is 0 e. The molecule has 3 heterocycles. The van der Waals surface area contributed by atoms with E-state index in [1.165, 1.54) is 37.6 Å². The summed E-state index contributed by atoms with van der Waals surface area (Å²) in [6.07, 6.45) is 3.92. The molecule has 1 aliphatic carbocycles. The van der Waals surface area contributed by atoms with Crippen LogP contribution in [0.15, 0.2) is 114 Å². The third kappa shape index (κ3) is 6.11. The average molecular weight is 866 g/mol. The van der Waals surface area contributed by atoms with Crippen molar-refractivity contribution in [3.8, 4) is 33.6 Å². The van der Waals surface area contributed by atoms with Crippen LogP contribution in [0.4, 0.5) is 0 Å². The van der Waals surface area contributed by atoms with Gasteiger partial charge < -0.3 is 9.40 Å². The van der Waals surface area contributed by atoms with Crippen molar-refractivity contribution < 1.29 is 24.5 Å². The molecule has 3 nitrogen and oxygen atoms in total. The van der Waals surface area contributed by atoms with Crippen molar-refractivity contribution in [3.05, 3.63) is 138 Å². The number of pyridine rings is 2. The fourth-order valence-corrected chi connectivity index (χ4v) is 8.88. The summed E-state index contributed by atoms with van der Waals surface area (Å²) in [5.74, 6) is 7.58. The molecule has 243 valence electrons. The number of furan rings is 1. The van der Waals surface area contributed by atoms with E-state index < -0.39 is 13.3 Å². The Kier molecular flexibility index (Phi) is 9.39. The number of nitrogens with zero attached hydrogens (tertiary/aromatic N) is 2. The molecule has 8 rings (SSSR count). The molecule has 0 aliphatic heterocycles. The summed E-state index contributed by atoms with van der Waals surface area (Å²) in [4.78, 5) is 9.18.